The summed E-state index contributed by atoms with van der Waals surface area (Å²) in [5, 5.41) is 0. The van der Waals surface area contributed by atoms with Gasteiger partial charge in [-0.2, -0.15) is 0 Å². The average molecular weight is 141 g/mol. The highest BCUT2D eigenvalue weighted by molar-refractivity contribution is 5.91. The van der Waals surface area contributed by atoms with Crippen LogP contribution >= 0.6 is 0 Å². The van der Waals surface area contributed by atoms with Crippen LogP contribution in [-0.4, -0.2) is 11.3 Å². The molecule has 0 amide bonds. The average Bonchev–Trinajstić information content (AvgIpc) is 2.68. The molecule has 0 radical (unpaired) electrons. The monoisotopic (exact) mass is 141 g/mol. The normalized spacial score (nSPS) is 23.9. The van der Waals surface area contributed by atoms with Crippen LogP contribution in [0, 0.1) is 5.92 Å². The summed E-state index contributed by atoms with van der Waals surface area (Å²) in [7, 11) is 0. The first-order valence-electron chi connectivity index (χ1n) is 3.91. The second-order valence-electron chi connectivity index (χ2n) is 3.41. The Balaban J connectivity index is 2.52. The van der Waals surface area contributed by atoms with Gasteiger partial charge in [0, 0.05) is 5.92 Å². The first-order chi connectivity index (χ1) is 4.58. The van der Waals surface area contributed by atoms with Gasteiger partial charge in [0.25, 0.3) is 0 Å². The zero-order valence-corrected chi connectivity index (χ0v) is 6.68. The molecular weight excluding hydrogens is 126 g/mol. The molecule has 10 heavy (non-hydrogen) atoms. The highest BCUT2D eigenvalue weighted by Crippen LogP contribution is 2.33. The topological polar surface area (TPSA) is 43.1 Å². The summed E-state index contributed by atoms with van der Waals surface area (Å²) in [6, 6.07) is 0. The lowest BCUT2D eigenvalue weighted by molar-refractivity contribution is -0.124. The summed E-state index contributed by atoms with van der Waals surface area (Å²) in [4.78, 5) is 11.3. The van der Waals surface area contributed by atoms with Crippen molar-refractivity contribution in [3.63, 3.8) is 0 Å². The van der Waals surface area contributed by atoms with E-state index < -0.39 is 5.54 Å². The summed E-state index contributed by atoms with van der Waals surface area (Å²) in [5.41, 5.74) is 5.20. The Morgan fingerprint density at radius 3 is 2.50 bits per heavy atom. The molecule has 0 aliphatic heterocycles. The van der Waals surface area contributed by atoms with E-state index in [0.29, 0.717) is 5.92 Å². The van der Waals surface area contributed by atoms with Crippen molar-refractivity contribution in [2.45, 2.75) is 38.6 Å². The van der Waals surface area contributed by atoms with Crippen molar-refractivity contribution in [1.82, 2.24) is 0 Å². The van der Waals surface area contributed by atoms with Gasteiger partial charge in [0.1, 0.15) is 0 Å². The first kappa shape index (κ1) is 7.73. The number of hydrogen-bond donors (Lipinski definition) is 1. The SMILES string of the molecule is CCC(C)(N)C(=O)C1CC1. The standard InChI is InChI=1S/C8H15NO/c1-3-8(2,9)7(10)6-4-5-6/h6H,3-5,9H2,1-2H3. The maximum atomic E-state index is 11.3. The molecule has 1 saturated carbocycles. The van der Waals surface area contributed by atoms with Gasteiger partial charge in [-0.05, 0) is 26.2 Å². The molecule has 1 aliphatic carbocycles. The molecule has 0 bridgehead atoms. The minimum atomic E-state index is -0.554. The van der Waals surface area contributed by atoms with E-state index in [-0.39, 0.29) is 5.78 Å². The maximum absolute atomic E-state index is 11.3. The lowest BCUT2D eigenvalue weighted by Crippen LogP contribution is -2.45. The van der Waals surface area contributed by atoms with Gasteiger partial charge in [-0.1, -0.05) is 6.92 Å². The molecule has 0 aromatic heterocycles. The van der Waals surface area contributed by atoms with Crippen molar-refractivity contribution in [1.29, 1.82) is 0 Å². The predicted octanol–water partition coefficient (Wildman–Crippen LogP) is 1.09. The molecule has 0 saturated heterocycles. The third-order valence-electron chi connectivity index (χ3n) is 2.25. The van der Waals surface area contributed by atoms with Gasteiger partial charge < -0.3 is 5.73 Å². The Labute approximate surface area is 61.8 Å². The molecule has 0 aromatic carbocycles. The number of ketones is 1. The number of carbonyl (C=O) groups is 1. The molecule has 2 N–H and O–H groups in total. The van der Waals surface area contributed by atoms with Crippen molar-refractivity contribution in [2.24, 2.45) is 11.7 Å². The molecule has 1 rings (SSSR count). The molecule has 1 atom stereocenters. The van der Waals surface area contributed by atoms with Crippen LogP contribution in [0.2, 0.25) is 0 Å². The highest BCUT2D eigenvalue weighted by Gasteiger charge is 2.38. The molecule has 2 heteroatoms. The third-order valence-corrected chi connectivity index (χ3v) is 2.25. The molecule has 1 unspecified atom stereocenters. The van der Waals surface area contributed by atoms with Crippen molar-refractivity contribution >= 4 is 5.78 Å². The van der Waals surface area contributed by atoms with E-state index in [1.165, 1.54) is 0 Å². The predicted molar refractivity (Wildman–Crippen MR) is 40.6 cm³/mol. The minimum absolute atomic E-state index is 0.259. The van der Waals surface area contributed by atoms with E-state index in [1.807, 2.05) is 13.8 Å². The summed E-state index contributed by atoms with van der Waals surface area (Å²) in [6.07, 6.45) is 2.87. The van der Waals surface area contributed by atoms with Gasteiger partial charge in [0.15, 0.2) is 5.78 Å². The first-order valence-corrected chi connectivity index (χ1v) is 3.91. The Morgan fingerprint density at radius 1 is 1.70 bits per heavy atom. The lowest BCUT2D eigenvalue weighted by Gasteiger charge is -2.20. The van der Waals surface area contributed by atoms with E-state index in [2.05, 4.69) is 0 Å². The zero-order valence-electron chi connectivity index (χ0n) is 6.68. The highest BCUT2D eigenvalue weighted by atomic mass is 16.1. The zero-order chi connectivity index (χ0) is 7.78. The van der Waals surface area contributed by atoms with E-state index in [1.54, 1.807) is 0 Å². The van der Waals surface area contributed by atoms with Crippen molar-refractivity contribution in [3.8, 4) is 0 Å². The number of Topliss-reactive ketones (excluding diaryl/α,β-unsaturated/α-hetero) is 1. The van der Waals surface area contributed by atoms with Crippen LogP contribution in [0.25, 0.3) is 0 Å². The van der Waals surface area contributed by atoms with Crippen LogP contribution in [0.15, 0.2) is 0 Å². The van der Waals surface area contributed by atoms with Gasteiger partial charge in [0.05, 0.1) is 5.54 Å². The Morgan fingerprint density at radius 2 is 2.20 bits per heavy atom. The molecule has 0 aromatic rings. The summed E-state index contributed by atoms with van der Waals surface area (Å²) < 4.78 is 0. The summed E-state index contributed by atoms with van der Waals surface area (Å²) >= 11 is 0. The van der Waals surface area contributed by atoms with Crippen LogP contribution in [0.5, 0.6) is 0 Å². The summed E-state index contributed by atoms with van der Waals surface area (Å²) in [6.45, 7) is 3.79. The van der Waals surface area contributed by atoms with Gasteiger partial charge in [0.2, 0.25) is 0 Å². The maximum Gasteiger partial charge on any atom is 0.155 e. The van der Waals surface area contributed by atoms with Crippen molar-refractivity contribution < 1.29 is 4.79 Å². The van der Waals surface area contributed by atoms with Gasteiger partial charge in [-0.25, -0.2) is 0 Å². The lowest BCUT2D eigenvalue weighted by atomic mass is 9.92. The second-order valence-corrected chi connectivity index (χ2v) is 3.41. The molecule has 0 spiro atoms. The number of nitrogens with two attached hydrogens (primary N) is 1. The molecule has 1 fully saturated rings. The fraction of sp³-hybridized carbons (Fsp3) is 0.875. The second kappa shape index (κ2) is 2.35. The van der Waals surface area contributed by atoms with E-state index in [0.717, 1.165) is 19.3 Å². The smallest absolute Gasteiger partial charge is 0.155 e. The van der Waals surface area contributed by atoms with E-state index in [9.17, 15) is 4.79 Å². The molecule has 1 aliphatic rings. The minimum Gasteiger partial charge on any atom is -0.319 e. The van der Waals surface area contributed by atoms with Crippen LogP contribution in [0.1, 0.15) is 33.1 Å². The van der Waals surface area contributed by atoms with Crippen LogP contribution in [-0.2, 0) is 4.79 Å². The van der Waals surface area contributed by atoms with E-state index in [4.69, 9.17) is 5.73 Å². The Bertz CT molecular complexity index is 147. The number of hydrogen-bond acceptors (Lipinski definition) is 2. The fourth-order valence-corrected chi connectivity index (χ4v) is 0.986. The molecular formula is C8H15NO. The quantitative estimate of drug-likeness (QED) is 0.639. The summed E-state index contributed by atoms with van der Waals surface area (Å²) in [5.74, 6) is 0.560. The van der Waals surface area contributed by atoms with E-state index >= 15 is 0 Å². The van der Waals surface area contributed by atoms with Crippen molar-refractivity contribution in [2.75, 3.05) is 0 Å². The van der Waals surface area contributed by atoms with Crippen LogP contribution in [0.4, 0.5) is 0 Å². The van der Waals surface area contributed by atoms with Gasteiger partial charge in [-0.15, -0.1) is 0 Å². The Hall–Kier alpha value is -0.370. The van der Waals surface area contributed by atoms with Gasteiger partial charge >= 0.3 is 0 Å². The van der Waals surface area contributed by atoms with Crippen LogP contribution < -0.4 is 5.73 Å². The van der Waals surface area contributed by atoms with Gasteiger partial charge in [-0.3, -0.25) is 4.79 Å². The molecule has 0 heterocycles. The van der Waals surface area contributed by atoms with Crippen molar-refractivity contribution in [3.05, 3.63) is 0 Å². The molecule has 58 valence electrons. The van der Waals surface area contributed by atoms with Crippen LogP contribution in [0.3, 0.4) is 0 Å². The number of carbonyl (C=O) groups excluding carboxylic acids is 1. The third kappa shape index (κ3) is 1.37. The number of rotatable bonds is 3. The largest absolute Gasteiger partial charge is 0.319 e. The molecule has 2 nitrogen and oxygen atoms in total. The Kier molecular flexibility index (Phi) is 1.82. The fourth-order valence-electron chi connectivity index (χ4n) is 0.986.